The highest BCUT2D eigenvalue weighted by Gasteiger charge is 2.06. The molecule has 2 heterocycles. The lowest BCUT2D eigenvalue weighted by molar-refractivity contribution is 0.556. The SMILES string of the molecule is CC(NCc1cscn1)c1cncc(F)c1. The molecule has 0 aliphatic heterocycles. The Morgan fingerprint density at radius 3 is 3.06 bits per heavy atom. The Morgan fingerprint density at radius 1 is 1.50 bits per heavy atom. The summed E-state index contributed by atoms with van der Waals surface area (Å²) < 4.78 is 12.9. The number of thiazole rings is 1. The van der Waals surface area contributed by atoms with Crippen molar-refractivity contribution in [3.63, 3.8) is 0 Å². The van der Waals surface area contributed by atoms with E-state index < -0.39 is 0 Å². The summed E-state index contributed by atoms with van der Waals surface area (Å²) in [6, 6.07) is 1.55. The topological polar surface area (TPSA) is 37.8 Å². The van der Waals surface area contributed by atoms with E-state index in [0.717, 1.165) is 11.3 Å². The molecule has 1 N–H and O–H groups in total. The highest BCUT2D eigenvalue weighted by molar-refractivity contribution is 7.07. The van der Waals surface area contributed by atoms with E-state index in [4.69, 9.17) is 0 Å². The van der Waals surface area contributed by atoms with Crippen LogP contribution in [0.3, 0.4) is 0 Å². The molecule has 0 fully saturated rings. The lowest BCUT2D eigenvalue weighted by Crippen LogP contribution is -2.18. The maximum absolute atomic E-state index is 12.9. The van der Waals surface area contributed by atoms with Gasteiger partial charge in [0.1, 0.15) is 5.82 Å². The molecule has 2 aromatic heterocycles. The molecule has 84 valence electrons. The van der Waals surface area contributed by atoms with Crippen LogP contribution in [0.25, 0.3) is 0 Å². The average molecular weight is 237 g/mol. The zero-order valence-electron chi connectivity index (χ0n) is 8.85. The molecule has 5 heteroatoms. The van der Waals surface area contributed by atoms with E-state index in [2.05, 4.69) is 15.3 Å². The van der Waals surface area contributed by atoms with Crippen LogP contribution >= 0.6 is 11.3 Å². The molecule has 2 rings (SSSR count). The van der Waals surface area contributed by atoms with Gasteiger partial charge in [-0.2, -0.15) is 0 Å². The largest absolute Gasteiger partial charge is 0.304 e. The van der Waals surface area contributed by atoms with Gasteiger partial charge in [0.05, 0.1) is 17.4 Å². The fourth-order valence-electron chi connectivity index (χ4n) is 1.37. The van der Waals surface area contributed by atoms with Gasteiger partial charge >= 0.3 is 0 Å². The van der Waals surface area contributed by atoms with Crippen LogP contribution in [0.15, 0.2) is 29.4 Å². The van der Waals surface area contributed by atoms with E-state index in [1.165, 1.54) is 12.3 Å². The van der Waals surface area contributed by atoms with Crippen molar-refractivity contribution in [3.8, 4) is 0 Å². The maximum Gasteiger partial charge on any atom is 0.141 e. The summed E-state index contributed by atoms with van der Waals surface area (Å²) >= 11 is 1.57. The van der Waals surface area contributed by atoms with Crippen molar-refractivity contribution in [3.05, 3.63) is 46.4 Å². The van der Waals surface area contributed by atoms with Gasteiger partial charge in [-0.1, -0.05) is 0 Å². The lowest BCUT2D eigenvalue weighted by atomic mass is 10.1. The zero-order chi connectivity index (χ0) is 11.4. The molecule has 0 bridgehead atoms. The second-order valence-corrected chi connectivity index (χ2v) is 4.24. The normalized spacial score (nSPS) is 12.6. The van der Waals surface area contributed by atoms with E-state index >= 15 is 0 Å². The molecule has 0 saturated carbocycles. The van der Waals surface area contributed by atoms with Gasteiger partial charge < -0.3 is 5.32 Å². The van der Waals surface area contributed by atoms with E-state index in [1.54, 1.807) is 23.0 Å². The minimum atomic E-state index is -0.306. The fraction of sp³-hybridized carbons (Fsp3) is 0.273. The predicted octanol–water partition coefficient (Wildman–Crippen LogP) is 2.53. The summed E-state index contributed by atoms with van der Waals surface area (Å²) in [5.74, 6) is -0.306. The summed E-state index contributed by atoms with van der Waals surface area (Å²) in [6.45, 7) is 2.66. The highest BCUT2D eigenvalue weighted by atomic mass is 32.1. The Labute approximate surface area is 97.4 Å². The first-order valence-corrected chi connectivity index (χ1v) is 5.91. The zero-order valence-corrected chi connectivity index (χ0v) is 9.67. The van der Waals surface area contributed by atoms with Crippen molar-refractivity contribution in [2.75, 3.05) is 0 Å². The number of aromatic nitrogens is 2. The molecule has 2 aromatic rings. The van der Waals surface area contributed by atoms with E-state index in [9.17, 15) is 4.39 Å². The molecule has 0 aliphatic carbocycles. The highest BCUT2D eigenvalue weighted by Crippen LogP contribution is 2.12. The Kier molecular flexibility index (Phi) is 3.58. The number of hydrogen-bond donors (Lipinski definition) is 1. The molecular weight excluding hydrogens is 225 g/mol. The molecule has 1 unspecified atom stereocenters. The Bertz CT molecular complexity index is 444. The average Bonchev–Trinajstić information content (AvgIpc) is 2.78. The standard InChI is InChI=1S/C11H12FN3S/c1-8(9-2-10(12)4-13-3-9)14-5-11-6-16-7-15-11/h2-4,6-8,14H,5H2,1H3. The minimum Gasteiger partial charge on any atom is -0.304 e. The van der Waals surface area contributed by atoms with Crippen molar-refractivity contribution >= 4 is 11.3 Å². The summed E-state index contributed by atoms with van der Waals surface area (Å²) in [5.41, 5.74) is 3.64. The van der Waals surface area contributed by atoms with E-state index in [1.807, 2.05) is 12.3 Å². The van der Waals surface area contributed by atoms with Crippen LogP contribution in [-0.2, 0) is 6.54 Å². The van der Waals surface area contributed by atoms with Crippen molar-refractivity contribution in [1.29, 1.82) is 0 Å². The quantitative estimate of drug-likeness (QED) is 0.888. The summed E-state index contributed by atoms with van der Waals surface area (Å²) in [4.78, 5) is 7.99. The van der Waals surface area contributed by atoms with Crippen LogP contribution < -0.4 is 5.32 Å². The Hall–Kier alpha value is -1.33. The molecule has 0 spiro atoms. The van der Waals surface area contributed by atoms with Crippen LogP contribution in [0.2, 0.25) is 0 Å². The fourth-order valence-corrected chi connectivity index (χ4v) is 1.92. The smallest absolute Gasteiger partial charge is 0.141 e. The van der Waals surface area contributed by atoms with Crippen molar-refractivity contribution < 1.29 is 4.39 Å². The summed E-state index contributed by atoms with van der Waals surface area (Å²) in [6.07, 6.45) is 2.87. The molecule has 16 heavy (non-hydrogen) atoms. The Balaban J connectivity index is 1.95. The van der Waals surface area contributed by atoms with Gasteiger partial charge in [0, 0.05) is 24.2 Å². The van der Waals surface area contributed by atoms with Gasteiger partial charge in [-0.3, -0.25) is 4.98 Å². The number of rotatable bonds is 4. The first-order valence-electron chi connectivity index (χ1n) is 4.96. The second-order valence-electron chi connectivity index (χ2n) is 3.52. The third kappa shape index (κ3) is 2.84. The summed E-state index contributed by atoms with van der Waals surface area (Å²) in [5, 5.41) is 5.26. The van der Waals surface area contributed by atoms with Crippen LogP contribution in [-0.4, -0.2) is 9.97 Å². The first-order chi connectivity index (χ1) is 7.75. The first kappa shape index (κ1) is 11.2. The molecule has 0 amide bonds. The van der Waals surface area contributed by atoms with E-state index in [0.29, 0.717) is 6.54 Å². The maximum atomic E-state index is 12.9. The van der Waals surface area contributed by atoms with E-state index in [-0.39, 0.29) is 11.9 Å². The minimum absolute atomic E-state index is 0.0601. The molecule has 0 radical (unpaired) electrons. The van der Waals surface area contributed by atoms with Gasteiger partial charge in [-0.15, -0.1) is 11.3 Å². The van der Waals surface area contributed by atoms with Crippen LogP contribution in [0.5, 0.6) is 0 Å². The van der Waals surface area contributed by atoms with Crippen molar-refractivity contribution in [1.82, 2.24) is 15.3 Å². The predicted molar refractivity (Wildman–Crippen MR) is 61.6 cm³/mol. The number of nitrogens with zero attached hydrogens (tertiary/aromatic N) is 2. The van der Waals surface area contributed by atoms with Crippen molar-refractivity contribution in [2.45, 2.75) is 19.5 Å². The van der Waals surface area contributed by atoms with Gasteiger partial charge in [0.15, 0.2) is 0 Å². The van der Waals surface area contributed by atoms with Gasteiger partial charge in [-0.05, 0) is 18.6 Å². The number of hydrogen-bond acceptors (Lipinski definition) is 4. The van der Waals surface area contributed by atoms with Crippen LogP contribution in [0.4, 0.5) is 4.39 Å². The second kappa shape index (κ2) is 5.14. The number of nitrogens with one attached hydrogen (secondary N) is 1. The van der Waals surface area contributed by atoms with Gasteiger partial charge in [0.25, 0.3) is 0 Å². The van der Waals surface area contributed by atoms with Gasteiger partial charge in [0.2, 0.25) is 0 Å². The third-order valence-corrected chi connectivity index (χ3v) is 2.93. The molecule has 1 atom stereocenters. The monoisotopic (exact) mass is 237 g/mol. The molecule has 3 nitrogen and oxygen atoms in total. The molecular formula is C11H12FN3S. The van der Waals surface area contributed by atoms with Crippen LogP contribution in [0.1, 0.15) is 24.2 Å². The summed E-state index contributed by atoms with van der Waals surface area (Å²) in [7, 11) is 0. The third-order valence-electron chi connectivity index (χ3n) is 2.30. The molecule has 0 aromatic carbocycles. The Morgan fingerprint density at radius 2 is 2.38 bits per heavy atom. The number of pyridine rings is 1. The van der Waals surface area contributed by atoms with Gasteiger partial charge in [-0.25, -0.2) is 9.37 Å². The lowest BCUT2D eigenvalue weighted by Gasteiger charge is -2.12. The number of halogens is 1. The van der Waals surface area contributed by atoms with Crippen LogP contribution in [0, 0.1) is 5.82 Å². The van der Waals surface area contributed by atoms with Crippen molar-refractivity contribution in [2.24, 2.45) is 0 Å². The molecule has 0 saturated heterocycles. The molecule has 0 aliphatic rings.